The van der Waals surface area contributed by atoms with Crippen molar-refractivity contribution in [3.8, 4) is 28.7 Å². The minimum atomic E-state index is -0.584. The van der Waals surface area contributed by atoms with Crippen LogP contribution in [0.25, 0.3) is 6.08 Å². The molecule has 5 rings (SSSR count). The fourth-order valence-electron chi connectivity index (χ4n) is 3.49. The number of methoxy groups -OCH3 is 2. The van der Waals surface area contributed by atoms with Crippen LogP contribution in [0.2, 0.25) is 0 Å². The number of hydrogen-bond donors (Lipinski definition) is 0. The Labute approximate surface area is 200 Å². The summed E-state index contributed by atoms with van der Waals surface area (Å²) < 4.78 is 32.0. The Morgan fingerprint density at radius 1 is 0.943 bits per heavy atom. The van der Waals surface area contributed by atoms with Crippen molar-refractivity contribution in [3.63, 3.8) is 0 Å². The fraction of sp³-hybridized carbons (Fsp3) is 0.115. The summed E-state index contributed by atoms with van der Waals surface area (Å²) in [5.74, 6) is 1.20. The molecule has 0 N–H and O–H groups in total. The second-order valence-corrected chi connectivity index (χ2v) is 7.44. The van der Waals surface area contributed by atoms with Crippen LogP contribution in [0.3, 0.4) is 0 Å². The van der Waals surface area contributed by atoms with Gasteiger partial charge in [-0.25, -0.2) is 14.6 Å². The molecule has 0 saturated heterocycles. The quantitative estimate of drug-likeness (QED) is 0.301. The lowest BCUT2D eigenvalue weighted by Crippen LogP contribution is -2.09. The predicted molar refractivity (Wildman–Crippen MR) is 124 cm³/mol. The maximum absolute atomic E-state index is 12.6. The molecule has 0 aliphatic carbocycles. The summed E-state index contributed by atoms with van der Waals surface area (Å²) in [5, 5.41) is 0. The van der Waals surface area contributed by atoms with Crippen molar-refractivity contribution < 1.29 is 38.0 Å². The first kappa shape index (κ1) is 22.0. The van der Waals surface area contributed by atoms with E-state index in [9.17, 15) is 9.59 Å². The summed E-state index contributed by atoms with van der Waals surface area (Å²) in [7, 11) is 3.00. The van der Waals surface area contributed by atoms with Crippen LogP contribution in [-0.4, -0.2) is 38.8 Å². The van der Waals surface area contributed by atoms with Crippen LogP contribution in [0.5, 0.6) is 28.7 Å². The molecule has 2 aliphatic rings. The summed E-state index contributed by atoms with van der Waals surface area (Å²) in [4.78, 5) is 29.3. The molecule has 35 heavy (non-hydrogen) atoms. The van der Waals surface area contributed by atoms with E-state index in [0.29, 0.717) is 39.7 Å². The topological polar surface area (TPSA) is 102 Å². The van der Waals surface area contributed by atoms with Gasteiger partial charge in [-0.3, -0.25) is 0 Å². The van der Waals surface area contributed by atoms with E-state index in [1.165, 1.54) is 7.11 Å². The van der Waals surface area contributed by atoms with E-state index < -0.39 is 11.9 Å². The molecule has 0 aromatic heterocycles. The number of benzene rings is 3. The lowest BCUT2D eigenvalue weighted by atomic mass is 10.1. The molecular weight excluding hydrogens is 454 g/mol. The smallest absolute Gasteiger partial charge is 0.363 e. The third-order valence-corrected chi connectivity index (χ3v) is 5.24. The molecule has 0 fully saturated rings. The number of nitrogens with zero attached hydrogens (tertiary/aromatic N) is 1. The van der Waals surface area contributed by atoms with E-state index in [2.05, 4.69) is 4.99 Å². The van der Waals surface area contributed by atoms with Crippen molar-refractivity contribution in [1.82, 2.24) is 0 Å². The summed E-state index contributed by atoms with van der Waals surface area (Å²) in [6.45, 7) is 0.108. The fourth-order valence-corrected chi connectivity index (χ4v) is 3.49. The average molecular weight is 473 g/mol. The van der Waals surface area contributed by atoms with Gasteiger partial charge in [0.15, 0.2) is 28.7 Å². The zero-order valence-corrected chi connectivity index (χ0v) is 18.8. The molecule has 9 nitrogen and oxygen atoms in total. The number of carbonyl (C=O) groups excluding carboxylic acids is 2. The molecule has 9 heteroatoms. The van der Waals surface area contributed by atoms with Crippen LogP contribution in [0, 0.1) is 0 Å². The number of aliphatic imine (C=N–C) groups is 1. The highest BCUT2D eigenvalue weighted by Gasteiger charge is 2.25. The van der Waals surface area contributed by atoms with Gasteiger partial charge >= 0.3 is 11.9 Å². The van der Waals surface area contributed by atoms with Gasteiger partial charge in [0.2, 0.25) is 12.7 Å². The van der Waals surface area contributed by atoms with Gasteiger partial charge in [0, 0.05) is 5.56 Å². The lowest BCUT2D eigenvalue weighted by molar-refractivity contribution is -0.129. The molecule has 0 bridgehead atoms. The Morgan fingerprint density at radius 3 is 2.63 bits per heavy atom. The Morgan fingerprint density at radius 2 is 1.80 bits per heavy atom. The number of rotatable bonds is 6. The minimum absolute atomic E-state index is 0.108. The van der Waals surface area contributed by atoms with E-state index in [1.54, 1.807) is 73.8 Å². The van der Waals surface area contributed by atoms with Crippen LogP contribution < -0.4 is 23.7 Å². The molecule has 2 aliphatic heterocycles. The molecular formula is C26H19NO8. The highest BCUT2D eigenvalue weighted by molar-refractivity contribution is 6.13. The molecule has 3 aromatic carbocycles. The second-order valence-electron chi connectivity index (χ2n) is 7.44. The third kappa shape index (κ3) is 4.51. The minimum Gasteiger partial charge on any atom is -0.497 e. The van der Waals surface area contributed by atoms with Crippen LogP contribution in [0.15, 0.2) is 71.4 Å². The zero-order valence-electron chi connectivity index (χ0n) is 18.8. The number of cyclic esters (lactones) is 1. The Kier molecular flexibility index (Phi) is 5.80. The Bertz CT molecular complexity index is 1390. The summed E-state index contributed by atoms with van der Waals surface area (Å²) in [5.41, 5.74) is 1.64. The van der Waals surface area contributed by atoms with Crippen LogP contribution in [0.4, 0.5) is 0 Å². The predicted octanol–water partition coefficient (Wildman–Crippen LogP) is 4.00. The summed E-state index contributed by atoms with van der Waals surface area (Å²) >= 11 is 0. The van der Waals surface area contributed by atoms with Crippen molar-refractivity contribution in [3.05, 3.63) is 83.1 Å². The van der Waals surface area contributed by atoms with Crippen molar-refractivity contribution in [2.45, 2.75) is 0 Å². The van der Waals surface area contributed by atoms with Crippen LogP contribution >= 0.6 is 0 Å². The number of hydrogen-bond acceptors (Lipinski definition) is 9. The largest absolute Gasteiger partial charge is 0.497 e. The Hall–Kier alpha value is -4.79. The van der Waals surface area contributed by atoms with E-state index in [1.807, 2.05) is 0 Å². The highest BCUT2D eigenvalue weighted by Crippen LogP contribution is 2.34. The van der Waals surface area contributed by atoms with E-state index in [0.717, 1.165) is 0 Å². The average Bonchev–Trinajstić information content (AvgIpc) is 3.50. The molecule has 0 unspecified atom stereocenters. The highest BCUT2D eigenvalue weighted by atomic mass is 16.7. The van der Waals surface area contributed by atoms with E-state index in [-0.39, 0.29) is 24.1 Å². The molecule has 3 aromatic rings. The van der Waals surface area contributed by atoms with Crippen molar-refractivity contribution in [2.75, 3.05) is 21.0 Å². The van der Waals surface area contributed by atoms with Gasteiger partial charge in [-0.15, -0.1) is 0 Å². The maximum atomic E-state index is 12.6. The van der Waals surface area contributed by atoms with Gasteiger partial charge in [-0.05, 0) is 60.2 Å². The first-order valence-electron chi connectivity index (χ1n) is 10.5. The molecule has 0 amide bonds. The Balaban J connectivity index is 1.36. The molecule has 0 saturated carbocycles. The first-order chi connectivity index (χ1) is 17.0. The SMILES string of the molecule is COc1cccc(C2=N/C(=C\c3ccc(OC(=O)c4ccc5c(c4)OCO5)c(OC)c3)C(=O)O2)c1. The molecule has 0 spiro atoms. The van der Waals surface area contributed by atoms with Gasteiger partial charge in [0.25, 0.3) is 0 Å². The number of esters is 2. The van der Waals surface area contributed by atoms with Crippen LogP contribution in [-0.2, 0) is 9.53 Å². The number of carbonyl (C=O) groups is 2. The maximum Gasteiger partial charge on any atom is 0.363 e. The molecule has 2 heterocycles. The van der Waals surface area contributed by atoms with Crippen molar-refractivity contribution in [1.29, 1.82) is 0 Å². The van der Waals surface area contributed by atoms with E-state index >= 15 is 0 Å². The van der Waals surface area contributed by atoms with E-state index in [4.69, 9.17) is 28.4 Å². The van der Waals surface area contributed by atoms with Gasteiger partial charge < -0.3 is 28.4 Å². The normalized spacial score (nSPS) is 15.0. The monoisotopic (exact) mass is 473 g/mol. The molecule has 0 atom stereocenters. The summed E-state index contributed by atoms with van der Waals surface area (Å²) in [6.07, 6.45) is 1.56. The number of fused-ring (bicyclic) bond motifs is 1. The van der Waals surface area contributed by atoms with Gasteiger partial charge in [0.1, 0.15) is 5.75 Å². The van der Waals surface area contributed by atoms with Crippen LogP contribution in [0.1, 0.15) is 21.5 Å². The van der Waals surface area contributed by atoms with Crippen molar-refractivity contribution in [2.24, 2.45) is 4.99 Å². The molecule has 0 radical (unpaired) electrons. The van der Waals surface area contributed by atoms with Gasteiger partial charge in [-0.2, -0.15) is 0 Å². The van der Waals surface area contributed by atoms with Gasteiger partial charge in [0.05, 0.1) is 19.8 Å². The first-order valence-corrected chi connectivity index (χ1v) is 10.5. The van der Waals surface area contributed by atoms with Crippen molar-refractivity contribution >= 4 is 23.9 Å². The standard InChI is InChI=1S/C26H19NO8/c1-30-18-5-3-4-16(12-18)24-27-19(26(29)35-24)10-15-6-8-21(22(11-15)31-2)34-25(28)17-7-9-20-23(13-17)33-14-32-20/h3-13H,14H2,1-2H3/b19-10-. The third-order valence-electron chi connectivity index (χ3n) is 5.24. The number of ether oxygens (including phenoxy) is 6. The second kappa shape index (κ2) is 9.22. The summed E-state index contributed by atoms with van der Waals surface area (Å²) in [6, 6.07) is 16.7. The zero-order chi connectivity index (χ0) is 24.4. The lowest BCUT2D eigenvalue weighted by Gasteiger charge is -2.10. The molecule has 176 valence electrons. The van der Waals surface area contributed by atoms with Gasteiger partial charge in [-0.1, -0.05) is 12.1 Å².